The average Bonchev–Trinajstić information content (AvgIpc) is 2.26. The number of carbonyl (C=O) groups excluding carboxylic acids is 1. The maximum atomic E-state index is 11.5. The van der Waals surface area contributed by atoms with Gasteiger partial charge in [0.2, 0.25) is 5.91 Å². The highest BCUT2D eigenvalue weighted by Gasteiger charge is 2.38. The smallest absolute Gasteiger partial charge is 0.225 e. The summed E-state index contributed by atoms with van der Waals surface area (Å²) in [5.41, 5.74) is 10.6. The van der Waals surface area contributed by atoms with Crippen molar-refractivity contribution in [3.8, 4) is 0 Å². The maximum absolute atomic E-state index is 11.5. The zero-order chi connectivity index (χ0) is 12.9. The molecule has 1 rings (SSSR count). The fourth-order valence-electron chi connectivity index (χ4n) is 1.82. The van der Waals surface area contributed by atoms with Gasteiger partial charge < -0.3 is 21.5 Å². The van der Waals surface area contributed by atoms with Crippen molar-refractivity contribution in [1.29, 1.82) is 0 Å². The van der Waals surface area contributed by atoms with Gasteiger partial charge >= 0.3 is 0 Å². The van der Waals surface area contributed by atoms with Gasteiger partial charge in [0.1, 0.15) is 0 Å². The molecule has 6 nitrogen and oxygen atoms in total. The van der Waals surface area contributed by atoms with E-state index in [9.17, 15) is 4.79 Å². The van der Waals surface area contributed by atoms with Crippen molar-refractivity contribution in [3.05, 3.63) is 0 Å². The van der Waals surface area contributed by atoms with Crippen LogP contribution in [0.3, 0.4) is 0 Å². The number of nitrogens with two attached hydrogens (primary N) is 2. The zero-order valence-electron chi connectivity index (χ0n) is 10.5. The van der Waals surface area contributed by atoms with Gasteiger partial charge in [-0.05, 0) is 26.7 Å². The summed E-state index contributed by atoms with van der Waals surface area (Å²) in [6.45, 7) is 5.38. The van der Waals surface area contributed by atoms with Crippen LogP contribution in [0.1, 0.15) is 26.7 Å². The minimum atomic E-state index is -0.596. The number of nitrogens with one attached hydrogen (secondary N) is 1. The van der Waals surface area contributed by atoms with E-state index >= 15 is 0 Å². The van der Waals surface area contributed by atoms with E-state index in [0.29, 0.717) is 38.6 Å². The second-order valence-corrected chi connectivity index (χ2v) is 4.76. The van der Waals surface area contributed by atoms with Crippen molar-refractivity contribution in [3.63, 3.8) is 0 Å². The van der Waals surface area contributed by atoms with Gasteiger partial charge in [-0.15, -0.1) is 0 Å². The summed E-state index contributed by atoms with van der Waals surface area (Å²) in [7, 11) is 0. The number of hydrogen-bond donors (Lipinski definition) is 3. The summed E-state index contributed by atoms with van der Waals surface area (Å²) in [4.78, 5) is 15.8. The molecule has 17 heavy (non-hydrogen) atoms. The molecule has 1 aliphatic rings. The van der Waals surface area contributed by atoms with Crippen LogP contribution in [0.5, 0.6) is 0 Å². The molecule has 0 unspecified atom stereocenters. The Hall–Kier alpha value is -1.30. The molecular weight excluding hydrogens is 220 g/mol. The van der Waals surface area contributed by atoms with E-state index < -0.39 is 5.41 Å². The van der Waals surface area contributed by atoms with Crippen LogP contribution in [-0.2, 0) is 9.53 Å². The molecule has 98 valence electrons. The molecule has 6 heteroatoms. The van der Waals surface area contributed by atoms with Crippen molar-refractivity contribution in [2.75, 3.05) is 19.8 Å². The van der Waals surface area contributed by atoms with Gasteiger partial charge in [-0.2, -0.15) is 0 Å². The Balaban J connectivity index is 2.64. The molecule has 1 fully saturated rings. The van der Waals surface area contributed by atoms with Crippen molar-refractivity contribution < 1.29 is 9.53 Å². The summed E-state index contributed by atoms with van der Waals surface area (Å²) in [6, 6.07) is 0.220. The van der Waals surface area contributed by atoms with E-state index in [1.807, 2.05) is 13.8 Å². The molecule has 0 aliphatic carbocycles. The van der Waals surface area contributed by atoms with Crippen LogP contribution in [0, 0.1) is 5.41 Å². The lowest BCUT2D eigenvalue weighted by atomic mass is 9.79. The van der Waals surface area contributed by atoms with Gasteiger partial charge in [0.15, 0.2) is 5.96 Å². The Labute approximate surface area is 102 Å². The second kappa shape index (κ2) is 5.86. The highest BCUT2D eigenvalue weighted by Crippen LogP contribution is 2.30. The first-order valence-electron chi connectivity index (χ1n) is 5.90. The molecule has 0 aromatic rings. The summed E-state index contributed by atoms with van der Waals surface area (Å²) in [5.74, 6) is 0.0361. The fourth-order valence-corrected chi connectivity index (χ4v) is 1.82. The van der Waals surface area contributed by atoms with Gasteiger partial charge in [0.05, 0.1) is 12.0 Å². The van der Waals surface area contributed by atoms with Crippen LogP contribution in [0.25, 0.3) is 0 Å². The lowest BCUT2D eigenvalue weighted by molar-refractivity contribution is -0.132. The third-order valence-electron chi connectivity index (χ3n) is 2.96. The van der Waals surface area contributed by atoms with Gasteiger partial charge in [0.25, 0.3) is 0 Å². The summed E-state index contributed by atoms with van der Waals surface area (Å²) < 4.78 is 5.24. The maximum Gasteiger partial charge on any atom is 0.225 e. The molecule has 0 radical (unpaired) electrons. The van der Waals surface area contributed by atoms with Crippen LogP contribution in [-0.4, -0.2) is 37.7 Å². The molecule has 0 atom stereocenters. The molecule has 5 N–H and O–H groups in total. The zero-order valence-corrected chi connectivity index (χ0v) is 10.5. The standard InChI is InChI=1S/C11H22N4O2/c1-8(2)15-10(13)14-7-11(9(12)16)3-5-17-6-4-11/h8H,3-7H2,1-2H3,(H2,12,16)(H3,13,14,15). The molecule has 0 bridgehead atoms. The number of nitrogens with zero attached hydrogens (tertiary/aromatic N) is 1. The van der Waals surface area contributed by atoms with Gasteiger partial charge in [-0.3, -0.25) is 9.79 Å². The lowest BCUT2D eigenvalue weighted by Gasteiger charge is -2.32. The topological polar surface area (TPSA) is 103 Å². The van der Waals surface area contributed by atoms with E-state index in [0.717, 1.165) is 0 Å². The summed E-state index contributed by atoms with van der Waals surface area (Å²) >= 11 is 0. The van der Waals surface area contributed by atoms with Crippen LogP contribution < -0.4 is 16.8 Å². The third kappa shape index (κ3) is 3.89. The highest BCUT2D eigenvalue weighted by molar-refractivity contribution is 5.82. The highest BCUT2D eigenvalue weighted by atomic mass is 16.5. The van der Waals surface area contributed by atoms with Crippen LogP contribution in [0.15, 0.2) is 4.99 Å². The van der Waals surface area contributed by atoms with E-state index in [-0.39, 0.29) is 11.9 Å². The van der Waals surface area contributed by atoms with E-state index in [4.69, 9.17) is 16.2 Å². The fraction of sp³-hybridized carbons (Fsp3) is 0.818. The quantitative estimate of drug-likeness (QED) is 0.460. The Bertz CT molecular complexity index is 296. The predicted octanol–water partition coefficient (Wildman–Crippen LogP) is -0.419. The molecule has 0 spiro atoms. The Kier molecular flexibility index (Phi) is 4.74. The average molecular weight is 242 g/mol. The lowest BCUT2D eigenvalue weighted by Crippen LogP contribution is -2.45. The normalized spacial score (nSPS) is 20.3. The molecule has 1 heterocycles. The van der Waals surface area contributed by atoms with Crippen molar-refractivity contribution in [2.45, 2.75) is 32.7 Å². The Morgan fingerprint density at radius 3 is 2.47 bits per heavy atom. The largest absolute Gasteiger partial charge is 0.381 e. The van der Waals surface area contributed by atoms with Crippen LogP contribution in [0.2, 0.25) is 0 Å². The predicted molar refractivity (Wildman–Crippen MR) is 66.4 cm³/mol. The molecule has 0 aromatic carbocycles. The second-order valence-electron chi connectivity index (χ2n) is 4.76. The number of rotatable bonds is 4. The van der Waals surface area contributed by atoms with Crippen molar-refractivity contribution in [2.24, 2.45) is 21.9 Å². The molecule has 1 amide bonds. The first-order chi connectivity index (χ1) is 7.96. The number of ether oxygens (including phenoxy) is 1. The molecule has 1 saturated heterocycles. The van der Waals surface area contributed by atoms with Gasteiger partial charge in [0, 0.05) is 19.3 Å². The van der Waals surface area contributed by atoms with Crippen molar-refractivity contribution >= 4 is 11.9 Å². The van der Waals surface area contributed by atoms with E-state index in [1.54, 1.807) is 0 Å². The van der Waals surface area contributed by atoms with Gasteiger partial charge in [-0.25, -0.2) is 0 Å². The molecule has 1 aliphatic heterocycles. The number of hydrogen-bond acceptors (Lipinski definition) is 3. The Morgan fingerprint density at radius 1 is 1.41 bits per heavy atom. The number of amides is 1. The first-order valence-corrected chi connectivity index (χ1v) is 5.90. The van der Waals surface area contributed by atoms with E-state index in [1.165, 1.54) is 0 Å². The third-order valence-corrected chi connectivity index (χ3v) is 2.96. The van der Waals surface area contributed by atoms with Gasteiger partial charge in [-0.1, -0.05) is 0 Å². The number of carbonyl (C=O) groups is 1. The van der Waals surface area contributed by atoms with Crippen LogP contribution in [0.4, 0.5) is 0 Å². The van der Waals surface area contributed by atoms with Crippen LogP contribution >= 0.6 is 0 Å². The number of guanidine groups is 1. The SMILES string of the molecule is CC(C)NC(N)=NCC1(C(N)=O)CCOCC1. The number of aliphatic imine (C=N–C) groups is 1. The minimum absolute atomic E-state index is 0.220. The monoisotopic (exact) mass is 242 g/mol. The first kappa shape index (κ1) is 13.8. The van der Waals surface area contributed by atoms with Crippen molar-refractivity contribution in [1.82, 2.24) is 5.32 Å². The summed E-state index contributed by atoms with van der Waals surface area (Å²) in [6.07, 6.45) is 1.22. The van der Waals surface area contributed by atoms with E-state index in [2.05, 4.69) is 10.3 Å². The minimum Gasteiger partial charge on any atom is -0.381 e. The molecular formula is C11H22N4O2. The Morgan fingerprint density at radius 2 is 2.00 bits per heavy atom. The molecule has 0 aromatic heterocycles. The number of primary amides is 1. The summed E-state index contributed by atoms with van der Waals surface area (Å²) in [5, 5.41) is 2.98. The molecule has 0 saturated carbocycles.